The molecule has 3 rings (SSSR count). The van der Waals surface area contributed by atoms with E-state index in [0.29, 0.717) is 17.5 Å². The fraction of sp³-hybridized carbons (Fsp3) is 0.304. The highest BCUT2D eigenvalue weighted by molar-refractivity contribution is 7.99. The van der Waals surface area contributed by atoms with Crippen molar-refractivity contribution in [3.05, 3.63) is 81.7 Å². The number of aromatic amines is 1. The molecule has 11 heteroatoms. The Morgan fingerprint density at radius 2 is 1.91 bits per heavy atom. The number of aromatic nitrogens is 3. The molecular weight excluding hydrogens is 456 g/mol. The smallest absolute Gasteiger partial charge is 0.270 e. The van der Waals surface area contributed by atoms with Crippen LogP contribution in [0.1, 0.15) is 41.6 Å². The molecule has 3 aromatic rings. The zero-order chi connectivity index (χ0) is 24.5. The molecule has 3 N–H and O–H groups in total. The second-order valence-electron chi connectivity index (χ2n) is 7.88. The molecular formula is C23H26N6O4S. The number of carbonyl (C=O) groups excluding carboxylic acids is 2. The van der Waals surface area contributed by atoms with Crippen molar-refractivity contribution in [2.24, 2.45) is 5.92 Å². The predicted octanol–water partition coefficient (Wildman–Crippen LogP) is 3.29. The van der Waals surface area contributed by atoms with Gasteiger partial charge in [-0.05, 0) is 24.0 Å². The zero-order valence-corrected chi connectivity index (χ0v) is 19.7. The lowest BCUT2D eigenvalue weighted by atomic mass is 10.0. The Kier molecular flexibility index (Phi) is 8.74. The molecule has 1 heterocycles. The number of H-pyrrole nitrogens is 1. The third kappa shape index (κ3) is 7.14. The lowest BCUT2D eigenvalue weighted by Crippen LogP contribution is -2.32. The number of carbonyl (C=O) groups is 2. The number of nitro benzene ring substituents is 1. The summed E-state index contributed by atoms with van der Waals surface area (Å²) in [6.45, 7) is 4.36. The zero-order valence-electron chi connectivity index (χ0n) is 18.9. The first-order valence-electron chi connectivity index (χ1n) is 10.7. The summed E-state index contributed by atoms with van der Waals surface area (Å²) < 4.78 is 0. The van der Waals surface area contributed by atoms with Gasteiger partial charge in [-0.1, -0.05) is 62.0 Å². The van der Waals surface area contributed by atoms with Crippen LogP contribution >= 0.6 is 11.8 Å². The molecule has 0 fully saturated rings. The fourth-order valence-electron chi connectivity index (χ4n) is 3.17. The highest BCUT2D eigenvalue weighted by Crippen LogP contribution is 2.22. The number of nitrogens with one attached hydrogen (secondary N) is 3. The lowest BCUT2D eigenvalue weighted by Gasteiger charge is -2.19. The number of nitrogens with zero attached hydrogens (tertiary/aromatic N) is 3. The van der Waals surface area contributed by atoms with Crippen molar-refractivity contribution in [2.45, 2.75) is 31.5 Å². The molecule has 0 saturated carbocycles. The van der Waals surface area contributed by atoms with Gasteiger partial charge >= 0.3 is 0 Å². The lowest BCUT2D eigenvalue weighted by molar-refractivity contribution is -0.384. The summed E-state index contributed by atoms with van der Waals surface area (Å²) in [5.74, 6) is 0.00585. The predicted molar refractivity (Wildman–Crippen MR) is 128 cm³/mol. The van der Waals surface area contributed by atoms with Crippen molar-refractivity contribution in [1.29, 1.82) is 0 Å². The van der Waals surface area contributed by atoms with Gasteiger partial charge in [0.05, 0.1) is 16.7 Å². The summed E-state index contributed by atoms with van der Waals surface area (Å²) in [4.78, 5) is 39.7. The van der Waals surface area contributed by atoms with Crippen molar-refractivity contribution < 1.29 is 14.5 Å². The molecule has 10 nitrogen and oxygen atoms in total. The molecule has 0 aliphatic carbocycles. The first kappa shape index (κ1) is 24.9. The summed E-state index contributed by atoms with van der Waals surface area (Å²) in [5.41, 5.74) is 1.18. The van der Waals surface area contributed by atoms with Crippen molar-refractivity contribution >= 4 is 29.3 Å². The van der Waals surface area contributed by atoms with E-state index in [1.54, 1.807) is 0 Å². The maximum absolute atomic E-state index is 12.7. The maximum Gasteiger partial charge on any atom is 0.270 e. The summed E-state index contributed by atoms with van der Waals surface area (Å²) >= 11 is 1.19. The van der Waals surface area contributed by atoms with Gasteiger partial charge in [0.25, 0.3) is 11.6 Å². The van der Waals surface area contributed by atoms with E-state index in [1.807, 2.05) is 44.2 Å². The number of benzene rings is 2. The number of rotatable bonds is 11. The van der Waals surface area contributed by atoms with Crippen molar-refractivity contribution in [2.75, 3.05) is 12.3 Å². The third-order valence-electron chi connectivity index (χ3n) is 4.96. The van der Waals surface area contributed by atoms with E-state index in [9.17, 15) is 19.7 Å². The monoisotopic (exact) mass is 482 g/mol. The number of hydrogen-bond acceptors (Lipinski definition) is 7. The van der Waals surface area contributed by atoms with Gasteiger partial charge in [0.15, 0.2) is 0 Å². The molecule has 0 radical (unpaired) electrons. The van der Waals surface area contributed by atoms with Crippen molar-refractivity contribution in [3.63, 3.8) is 0 Å². The van der Waals surface area contributed by atoms with Crippen LogP contribution in [0, 0.1) is 16.0 Å². The minimum atomic E-state index is -0.547. The molecule has 2 aromatic carbocycles. The molecule has 0 unspecified atom stereocenters. The second kappa shape index (κ2) is 11.9. The highest BCUT2D eigenvalue weighted by atomic mass is 32.2. The molecule has 2 amide bonds. The largest absolute Gasteiger partial charge is 0.355 e. The average Bonchev–Trinajstić information content (AvgIpc) is 3.30. The van der Waals surface area contributed by atoms with Crippen LogP contribution in [0.4, 0.5) is 5.69 Å². The normalized spacial score (nSPS) is 11.7. The average molecular weight is 483 g/mol. The quantitative estimate of drug-likeness (QED) is 0.216. The second-order valence-corrected chi connectivity index (χ2v) is 8.82. The molecule has 1 aromatic heterocycles. The number of thioether (sulfide) groups is 1. The van der Waals surface area contributed by atoms with Crippen LogP contribution in [0.5, 0.6) is 0 Å². The van der Waals surface area contributed by atoms with Crippen LogP contribution in [0.2, 0.25) is 0 Å². The van der Waals surface area contributed by atoms with E-state index in [4.69, 9.17) is 0 Å². The third-order valence-corrected chi connectivity index (χ3v) is 5.81. The van der Waals surface area contributed by atoms with E-state index in [2.05, 4.69) is 25.8 Å². The van der Waals surface area contributed by atoms with E-state index >= 15 is 0 Å². The van der Waals surface area contributed by atoms with Crippen LogP contribution in [-0.4, -0.2) is 44.2 Å². The summed E-state index contributed by atoms with van der Waals surface area (Å²) in [6.07, 6.45) is 0.752. The van der Waals surface area contributed by atoms with E-state index in [0.717, 1.165) is 12.0 Å². The minimum absolute atomic E-state index is 0.0327. The van der Waals surface area contributed by atoms with Crippen LogP contribution in [0.25, 0.3) is 0 Å². The van der Waals surface area contributed by atoms with E-state index in [1.165, 1.54) is 36.0 Å². The minimum Gasteiger partial charge on any atom is -0.355 e. The standard InChI is InChI=1S/C23H26N6O4S/c1-15(2)20(25-22(31)17-9-6-10-18(13-17)29(32)33)21-26-23(28-27-21)34-14-19(30)24-12-11-16-7-4-3-5-8-16/h3-10,13,15,20H,11-12,14H2,1-2H3,(H,24,30)(H,25,31)(H,26,27,28)/t20-/m1/s1. The first-order valence-corrected chi connectivity index (χ1v) is 11.7. The molecule has 0 spiro atoms. The van der Waals surface area contributed by atoms with Gasteiger partial charge in [-0.15, -0.1) is 5.10 Å². The van der Waals surface area contributed by atoms with Crippen LogP contribution in [0.15, 0.2) is 59.8 Å². The summed E-state index contributed by atoms with van der Waals surface area (Å²) in [7, 11) is 0. The topological polar surface area (TPSA) is 143 Å². The van der Waals surface area contributed by atoms with Gasteiger partial charge in [0.2, 0.25) is 11.1 Å². The van der Waals surface area contributed by atoms with Gasteiger partial charge in [0.1, 0.15) is 5.82 Å². The van der Waals surface area contributed by atoms with Crippen LogP contribution < -0.4 is 10.6 Å². The Morgan fingerprint density at radius 1 is 1.15 bits per heavy atom. The maximum atomic E-state index is 12.7. The number of nitro groups is 1. The molecule has 178 valence electrons. The molecule has 0 aliphatic rings. The Bertz CT molecular complexity index is 1140. The first-order chi connectivity index (χ1) is 16.3. The highest BCUT2D eigenvalue weighted by Gasteiger charge is 2.24. The number of hydrogen-bond donors (Lipinski definition) is 3. The Balaban J connectivity index is 1.53. The SMILES string of the molecule is CC(C)[C@@H](NC(=O)c1cccc([N+](=O)[O-])c1)c1nc(SCC(=O)NCCc2ccccc2)n[nH]1. The number of non-ortho nitro benzene ring substituents is 1. The molecule has 0 saturated heterocycles. The van der Waals surface area contributed by atoms with Gasteiger partial charge in [-0.25, -0.2) is 4.98 Å². The Morgan fingerprint density at radius 3 is 2.62 bits per heavy atom. The van der Waals surface area contributed by atoms with E-state index < -0.39 is 16.9 Å². The number of amides is 2. The van der Waals surface area contributed by atoms with E-state index in [-0.39, 0.29) is 28.8 Å². The molecule has 0 bridgehead atoms. The van der Waals surface area contributed by atoms with Crippen LogP contribution in [-0.2, 0) is 11.2 Å². The van der Waals surface area contributed by atoms with Crippen LogP contribution in [0.3, 0.4) is 0 Å². The van der Waals surface area contributed by atoms with Gasteiger partial charge in [-0.2, -0.15) is 0 Å². The molecule has 1 atom stereocenters. The van der Waals surface area contributed by atoms with Gasteiger partial charge in [-0.3, -0.25) is 24.8 Å². The molecule has 34 heavy (non-hydrogen) atoms. The Labute approximate surface area is 201 Å². The van der Waals surface area contributed by atoms with Gasteiger partial charge in [0, 0.05) is 24.2 Å². The fourth-order valence-corrected chi connectivity index (χ4v) is 3.81. The summed E-state index contributed by atoms with van der Waals surface area (Å²) in [5, 5.41) is 24.1. The summed E-state index contributed by atoms with van der Waals surface area (Å²) in [6, 6.07) is 14.9. The Hall–Kier alpha value is -3.73. The van der Waals surface area contributed by atoms with Crippen molar-refractivity contribution in [3.8, 4) is 0 Å². The van der Waals surface area contributed by atoms with Gasteiger partial charge < -0.3 is 10.6 Å². The van der Waals surface area contributed by atoms with Crippen molar-refractivity contribution in [1.82, 2.24) is 25.8 Å². The molecule has 0 aliphatic heterocycles.